The van der Waals surface area contributed by atoms with E-state index in [4.69, 9.17) is 4.74 Å². The number of benzene rings is 2. The van der Waals surface area contributed by atoms with Gasteiger partial charge < -0.3 is 10.1 Å². The average Bonchev–Trinajstić information content (AvgIpc) is 2.49. The molecule has 0 aliphatic carbocycles. The highest BCUT2D eigenvalue weighted by molar-refractivity contribution is 5.29. The molecule has 0 bridgehead atoms. The van der Waals surface area contributed by atoms with Crippen LogP contribution in [0.2, 0.25) is 0 Å². The van der Waals surface area contributed by atoms with Crippen LogP contribution in [0, 0.1) is 11.7 Å². The topological polar surface area (TPSA) is 21.3 Å². The molecule has 21 heavy (non-hydrogen) atoms. The maximum Gasteiger partial charge on any atom is 0.165 e. The number of rotatable bonds is 7. The van der Waals surface area contributed by atoms with Crippen LogP contribution in [-0.4, -0.2) is 20.7 Å². The van der Waals surface area contributed by atoms with Crippen LogP contribution in [0.1, 0.15) is 11.1 Å². The number of halogens is 1. The molecule has 0 aliphatic heterocycles. The molecule has 0 amide bonds. The highest BCUT2D eigenvalue weighted by atomic mass is 19.1. The van der Waals surface area contributed by atoms with Crippen molar-refractivity contribution in [3.05, 3.63) is 65.5 Å². The van der Waals surface area contributed by atoms with E-state index in [1.165, 1.54) is 12.7 Å². The minimum Gasteiger partial charge on any atom is -0.494 e. The van der Waals surface area contributed by atoms with Gasteiger partial charge in [0, 0.05) is 0 Å². The molecular formula is C18H22FNO. The van der Waals surface area contributed by atoms with E-state index in [0.29, 0.717) is 11.7 Å². The lowest BCUT2D eigenvalue weighted by molar-refractivity contribution is 0.385. The zero-order valence-corrected chi connectivity index (χ0v) is 12.6. The summed E-state index contributed by atoms with van der Waals surface area (Å²) in [6.07, 6.45) is 1.83. The maximum atomic E-state index is 13.8. The average molecular weight is 287 g/mol. The summed E-state index contributed by atoms with van der Waals surface area (Å²) >= 11 is 0. The van der Waals surface area contributed by atoms with Gasteiger partial charge in [-0.3, -0.25) is 0 Å². The molecule has 0 spiro atoms. The molecule has 0 aliphatic rings. The second-order valence-electron chi connectivity index (χ2n) is 5.29. The Hall–Kier alpha value is -1.87. The molecule has 0 saturated carbocycles. The first kappa shape index (κ1) is 15.5. The van der Waals surface area contributed by atoms with Gasteiger partial charge in [0.1, 0.15) is 0 Å². The minimum atomic E-state index is -0.294. The summed E-state index contributed by atoms with van der Waals surface area (Å²) in [4.78, 5) is 0. The van der Waals surface area contributed by atoms with E-state index in [0.717, 1.165) is 24.9 Å². The van der Waals surface area contributed by atoms with Gasteiger partial charge in [0.15, 0.2) is 11.6 Å². The van der Waals surface area contributed by atoms with Crippen molar-refractivity contribution in [3.8, 4) is 5.75 Å². The van der Waals surface area contributed by atoms with E-state index in [1.807, 2.05) is 19.2 Å². The van der Waals surface area contributed by atoms with Crippen molar-refractivity contribution in [3.63, 3.8) is 0 Å². The van der Waals surface area contributed by atoms with E-state index in [-0.39, 0.29) is 5.82 Å². The van der Waals surface area contributed by atoms with Gasteiger partial charge in [-0.2, -0.15) is 0 Å². The highest BCUT2D eigenvalue weighted by Gasteiger charge is 2.12. The molecule has 1 unspecified atom stereocenters. The smallest absolute Gasteiger partial charge is 0.165 e. The second-order valence-corrected chi connectivity index (χ2v) is 5.29. The summed E-state index contributed by atoms with van der Waals surface area (Å²) in [5.41, 5.74) is 2.32. The Morgan fingerprint density at radius 2 is 1.76 bits per heavy atom. The van der Waals surface area contributed by atoms with Gasteiger partial charge >= 0.3 is 0 Å². The minimum absolute atomic E-state index is 0.294. The first-order valence-corrected chi connectivity index (χ1v) is 7.24. The molecule has 2 aromatic carbocycles. The van der Waals surface area contributed by atoms with Gasteiger partial charge in [0.05, 0.1) is 7.11 Å². The molecule has 1 N–H and O–H groups in total. The largest absolute Gasteiger partial charge is 0.494 e. The van der Waals surface area contributed by atoms with Crippen molar-refractivity contribution in [1.82, 2.24) is 5.32 Å². The van der Waals surface area contributed by atoms with E-state index in [1.54, 1.807) is 12.1 Å². The Labute approximate surface area is 126 Å². The van der Waals surface area contributed by atoms with Crippen molar-refractivity contribution in [2.45, 2.75) is 12.8 Å². The van der Waals surface area contributed by atoms with E-state index in [2.05, 4.69) is 29.6 Å². The Morgan fingerprint density at radius 3 is 2.38 bits per heavy atom. The van der Waals surface area contributed by atoms with Crippen LogP contribution in [0.3, 0.4) is 0 Å². The molecule has 3 heteroatoms. The van der Waals surface area contributed by atoms with Gasteiger partial charge in [0.25, 0.3) is 0 Å². The summed E-state index contributed by atoms with van der Waals surface area (Å²) in [5.74, 6) is 0.440. The number of ether oxygens (including phenoxy) is 1. The number of nitrogens with one attached hydrogen (secondary N) is 1. The van der Waals surface area contributed by atoms with Crippen LogP contribution < -0.4 is 10.1 Å². The fraction of sp³-hybridized carbons (Fsp3) is 0.333. The predicted molar refractivity (Wildman–Crippen MR) is 84.2 cm³/mol. The fourth-order valence-corrected chi connectivity index (χ4v) is 2.62. The van der Waals surface area contributed by atoms with Crippen LogP contribution in [0.15, 0.2) is 48.5 Å². The summed E-state index contributed by atoms with van der Waals surface area (Å²) < 4.78 is 18.7. The zero-order valence-electron chi connectivity index (χ0n) is 12.6. The van der Waals surface area contributed by atoms with Crippen LogP contribution >= 0.6 is 0 Å². The normalized spacial score (nSPS) is 12.1. The predicted octanol–water partition coefficient (Wildman–Crippen LogP) is 3.46. The molecule has 112 valence electrons. The third kappa shape index (κ3) is 4.57. The van der Waals surface area contributed by atoms with Crippen LogP contribution in [-0.2, 0) is 12.8 Å². The molecular weight excluding hydrogens is 265 g/mol. The lowest BCUT2D eigenvalue weighted by atomic mass is 9.92. The van der Waals surface area contributed by atoms with Crippen molar-refractivity contribution < 1.29 is 9.13 Å². The van der Waals surface area contributed by atoms with Gasteiger partial charge in [-0.05, 0) is 55.6 Å². The van der Waals surface area contributed by atoms with Crippen LogP contribution in [0.5, 0.6) is 5.75 Å². The van der Waals surface area contributed by atoms with Gasteiger partial charge in [0.2, 0.25) is 0 Å². The van der Waals surface area contributed by atoms with Crippen molar-refractivity contribution in [2.75, 3.05) is 20.7 Å². The Balaban J connectivity index is 2.07. The van der Waals surface area contributed by atoms with Gasteiger partial charge in [-0.25, -0.2) is 4.39 Å². The van der Waals surface area contributed by atoms with E-state index >= 15 is 0 Å². The monoisotopic (exact) mass is 287 g/mol. The lowest BCUT2D eigenvalue weighted by Gasteiger charge is -2.17. The molecule has 0 saturated heterocycles. The third-order valence-electron chi connectivity index (χ3n) is 3.60. The molecule has 1 atom stereocenters. The number of hydrogen-bond acceptors (Lipinski definition) is 2. The Morgan fingerprint density at radius 1 is 1.05 bits per heavy atom. The summed E-state index contributed by atoms with van der Waals surface area (Å²) in [5, 5.41) is 3.23. The van der Waals surface area contributed by atoms with Crippen molar-refractivity contribution in [1.29, 1.82) is 0 Å². The van der Waals surface area contributed by atoms with E-state index < -0.39 is 0 Å². The lowest BCUT2D eigenvalue weighted by Crippen LogP contribution is -2.22. The first-order chi connectivity index (χ1) is 10.2. The first-order valence-electron chi connectivity index (χ1n) is 7.24. The van der Waals surface area contributed by atoms with Crippen molar-refractivity contribution >= 4 is 0 Å². The molecule has 0 fully saturated rings. The van der Waals surface area contributed by atoms with Crippen LogP contribution in [0.4, 0.5) is 4.39 Å². The molecule has 2 aromatic rings. The molecule has 0 heterocycles. The summed E-state index contributed by atoms with van der Waals surface area (Å²) in [6.45, 7) is 0.905. The van der Waals surface area contributed by atoms with Gasteiger partial charge in [-0.15, -0.1) is 0 Å². The second kappa shape index (κ2) is 7.79. The maximum absolute atomic E-state index is 13.8. The van der Waals surface area contributed by atoms with Gasteiger partial charge in [-0.1, -0.05) is 36.4 Å². The standard InChI is InChI=1S/C18H22FNO/c1-20-13-16(10-14-6-4-3-5-7-14)11-15-8-9-18(21-2)17(19)12-15/h3-9,12,16,20H,10-11,13H2,1-2H3. The summed E-state index contributed by atoms with van der Waals surface area (Å²) in [6, 6.07) is 15.6. The highest BCUT2D eigenvalue weighted by Crippen LogP contribution is 2.21. The van der Waals surface area contributed by atoms with E-state index in [9.17, 15) is 4.39 Å². The Bertz CT molecular complexity index is 556. The fourth-order valence-electron chi connectivity index (χ4n) is 2.62. The quantitative estimate of drug-likeness (QED) is 0.842. The Kier molecular flexibility index (Phi) is 5.76. The molecule has 2 nitrogen and oxygen atoms in total. The van der Waals surface area contributed by atoms with Crippen LogP contribution in [0.25, 0.3) is 0 Å². The SMILES string of the molecule is CNCC(Cc1ccccc1)Cc1ccc(OC)c(F)c1. The number of hydrogen-bond donors (Lipinski definition) is 1. The molecule has 2 rings (SSSR count). The van der Waals surface area contributed by atoms with Crippen molar-refractivity contribution in [2.24, 2.45) is 5.92 Å². The molecule has 0 radical (unpaired) electrons. The molecule has 0 aromatic heterocycles. The zero-order chi connectivity index (χ0) is 15.1. The number of methoxy groups -OCH3 is 1. The third-order valence-corrected chi connectivity index (χ3v) is 3.60. The summed E-state index contributed by atoms with van der Waals surface area (Å²) in [7, 11) is 3.43.